The molecule has 2 aliphatic heterocycles. The normalized spacial score (nSPS) is 14.8. The number of nitrogens with zero attached hydrogens (tertiary/aromatic N) is 2. The summed E-state index contributed by atoms with van der Waals surface area (Å²) in [5, 5.41) is 11.5. The third-order valence-electron chi connectivity index (χ3n) is 8.44. The number of nitrogens with one attached hydrogen (secondary N) is 1. The first kappa shape index (κ1) is 45.8. The van der Waals surface area contributed by atoms with Gasteiger partial charge in [-0.15, -0.1) is 0 Å². The van der Waals surface area contributed by atoms with Crippen molar-refractivity contribution in [1.82, 2.24) is 9.80 Å². The van der Waals surface area contributed by atoms with Crippen molar-refractivity contribution < 1.29 is 52.8 Å². The van der Waals surface area contributed by atoms with E-state index in [0.717, 1.165) is 25.7 Å². The summed E-state index contributed by atoms with van der Waals surface area (Å²) < 4.78 is 19.9. The van der Waals surface area contributed by atoms with Crippen LogP contribution < -0.4 is 11.1 Å². The molecule has 55 heavy (non-hydrogen) atoms. The maximum atomic E-state index is 12.4. The molecule has 2 fully saturated rings. The van der Waals surface area contributed by atoms with Gasteiger partial charge in [0.15, 0.2) is 0 Å². The second-order valence-corrected chi connectivity index (χ2v) is 15.3. The van der Waals surface area contributed by atoms with E-state index in [4.69, 9.17) is 25.1 Å². The number of para-hydroxylation sites is 2. The van der Waals surface area contributed by atoms with Crippen molar-refractivity contribution >= 4 is 47.4 Å². The lowest BCUT2D eigenvalue weighted by atomic mass is 9.93. The van der Waals surface area contributed by atoms with Gasteiger partial charge in [0.05, 0.1) is 31.0 Å². The number of amides is 3. The third-order valence-corrected chi connectivity index (χ3v) is 8.44. The van der Waals surface area contributed by atoms with Crippen molar-refractivity contribution in [3.05, 3.63) is 59.7 Å². The number of piperidine rings is 2. The third kappa shape index (κ3) is 17.1. The number of rotatable bonds is 7. The van der Waals surface area contributed by atoms with Gasteiger partial charge in [0.25, 0.3) is 0 Å². The van der Waals surface area contributed by atoms with Crippen LogP contribution in [0.15, 0.2) is 48.5 Å². The van der Waals surface area contributed by atoms with Crippen molar-refractivity contribution in [3.63, 3.8) is 0 Å². The summed E-state index contributed by atoms with van der Waals surface area (Å²) in [7, 11) is 2.63. The molecule has 0 aliphatic carbocycles. The molecule has 15 heteroatoms. The lowest BCUT2D eigenvalue weighted by Gasteiger charge is -2.33. The van der Waals surface area contributed by atoms with Gasteiger partial charge in [0.1, 0.15) is 11.2 Å². The molecule has 0 radical (unpaired) electrons. The molecule has 0 atom stereocenters. The largest absolute Gasteiger partial charge is 0.481 e. The Hall–Kier alpha value is -5.34. The fraction of sp³-hybridized carbons (Fsp3) is 0.550. The van der Waals surface area contributed by atoms with Gasteiger partial charge in [-0.25, -0.2) is 19.2 Å². The monoisotopic (exact) mass is 770 g/mol. The summed E-state index contributed by atoms with van der Waals surface area (Å²) >= 11 is 0. The predicted molar refractivity (Wildman–Crippen MR) is 207 cm³/mol. The highest BCUT2D eigenvalue weighted by Crippen LogP contribution is 2.25. The zero-order valence-corrected chi connectivity index (χ0v) is 33.3. The van der Waals surface area contributed by atoms with Crippen molar-refractivity contribution in [2.75, 3.05) is 51.4 Å². The molecule has 2 saturated heterocycles. The molecule has 15 nitrogen and oxygen atoms in total. The summed E-state index contributed by atoms with van der Waals surface area (Å²) in [6.45, 7) is 13.4. The van der Waals surface area contributed by atoms with E-state index in [-0.39, 0.29) is 36.4 Å². The van der Waals surface area contributed by atoms with Gasteiger partial charge in [-0.2, -0.15) is 0 Å². The molecular weight excluding hydrogens is 712 g/mol. The second kappa shape index (κ2) is 21.5. The minimum absolute atomic E-state index is 0.151. The Morgan fingerprint density at radius 1 is 0.673 bits per heavy atom. The maximum Gasteiger partial charge on any atom is 0.410 e. The summed E-state index contributed by atoms with van der Waals surface area (Å²) in [6, 6.07) is 13.5. The highest BCUT2D eigenvalue weighted by Gasteiger charge is 2.29. The van der Waals surface area contributed by atoms with Crippen LogP contribution in [0.4, 0.5) is 21.0 Å². The van der Waals surface area contributed by atoms with E-state index in [2.05, 4.69) is 10.1 Å². The van der Waals surface area contributed by atoms with Crippen molar-refractivity contribution in [1.29, 1.82) is 0 Å². The lowest BCUT2D eigenvalue weighted by molar-refractivity contribution is -0.138. The van der Waals surface area contributed by atoms with Gasteiger partial charge in [0, 0.05) is 44.7 Å². The molecule has 3 amide bonds. The van der Waals surface area contributed by atoms with Crippen LogP contribution in [-0.4, -0.2) is 103 Å². The molecular formula is C40H58N4O11. The lowest BCUT2D eigenvalue weighted by Crippen LogP contribution is -2.42. The molecule has 2 heterocycles. The number of esters is 2. The number of methoxy groups -OCH3 is 2. The molecule has 0 aromatic heterocycles. The molecule has 0 saturated carbocycles. The number of anilines is 2. The first-order valence-corrected chi connectivity index (χ1v) is 18.3. The van der Waals surface area contributed by atoms with Crippen LogP contribution in [-0.2, 0) is 28.5 Å². The van der Waals surface area contributed by atoms with E-state index < -0.39 is 29.1 Å². The fourth-order valence-electron chi connectivity index (χ4n) is 5.68. The van der Waals surface area contributed by atoms with Crippen molar-refractivity contribution in [3.8, 4) is 0 Å². The quantitative estimate of drug-likeness (QED) is 0.155. The van der Waals surface area contributed by atoms with Crippen LogP contribution in [0.25, 0.3) is 0 Å². The molecule has 2 aromatic rings. The number of carboxylic acid groups (broad SMARTS) is 1. The smallest absolute Gasteiger partial charge is 0.410 e. The minimum Gasteiger partial charge on any atom is -0.481 e. The Balaban J connectivity index is 0.000000317. The Labute approximate surface area is 323 Å². The number of benzene rings is 2. The molecule has 2 aromatic carbocycles. The Kier molecular flexibility index (Phi) is 17.9. The number of hydrogen-bond acceptors (Lipinski definition) is 11. The SMILES string of the molecule is CC(C)(C)OC(=O)N1CCC(CC(=O)O)CC1.COC(=O)c1ccccc1N.COC(=O)c1ccccc1NC(=O)CC1CCN(C(=O)OC(C)(C)C)CC1. The average Bonchev–Trinajstić information content (AvgIpc) is 3.11. The van der Waals surface area contributed by atoms with Crippen LogP contribution >= 0.6 is 0 Å². The summed E-state index contributed by atoms with van der Waals surface area (Å²) in [5.74, 6) is -1.43. The van der Waals surface area contributed by atoms with E-state index in [0.29, 0.717) is 55.1 Å². The van der Waals surface area contributed by atoms with E-state index in [1.807, 2.05) is 41.5 Å². The number of carboxylic acids is 1. The Morgan fingerprint density at radius 3 is 1.49 bits per heavy atom. The van der Waals surface area contributed by atoms with E-state index in [1.54, 1.807) is 58.3 Å². The summed E-state index contributed by atoms with van der Waals surface area (Å²) in [5.41, 5.74) is 6.13. The van der Waals surface area contributed by atoms with Crippen molar-refractivity contribution in [2.24, 2.45) is 11.8 Å². The van der Waals surface area contributed by atoms with Gasteiger partial charge in [0.2, 0.25) is 5.91 Å². The summed E-state index contributed by atoms with van der Waals surface area (Å²) in [6.07, 6.45) is 2.90. The standard InChI is InChI=1S/C20H28N2O5.C12H21NO4.C8H9NO2/c1-20(2,3)27-19(25)22-11-9-14(10-12-22)13-17(23)21-16-8-6-5-7-15(16)18(24)26-4;1-12(2,3)17-11(16)13-6-4-9(5-7-13)8-10(14)15;1-11-8(10)6-4-2-3-5-7(6)9/h5-8,14H,9-13H2,1-4H3,(H,21,23);9H,4-8H2,1-3H3,(H,14,15);2-5H,9H2,1H3. The number of carbonyl (C=O) groups is 6. The van der Waals surface area contributed by atoms with E-state index >= 15 is 0 Å². The van der Waals surface area contributed by atoms with Crippen LogP contribution in [0, 0.1) is 11.8 Å². The molecule has 304 valence electrons. The molecule has 2 aliphatic rings. The average molecular weight is 771 g/mol. The summed E-state index contributed by atoms with van der Waals surface area (Å²) in [4.78, 5) is 72.8. The van der Waals surface area contributed by atoms with E-state index in [9.17, 15) is 28.8 Å². The van der Waals surface area contributed by atoms with Gasteiger partial charge in [-0.1, -0.05) is 24.3 Å². The molecule has 4 rings (SSSR count). The number of carbonyl (C=O) groups excluding carboxylic acids is 5. The first-order chi connectivity index (χ1) is 25.7. The molecule has 4 N–H and O–H groups in total. The van der Waals surface area contributed by atoms with Gasteiger partial charge < -0.3 is 44.9 Å². The number of likely N-dealkylation sites (tertiary alicyclic amines) is 2. The number of nitrogen functional groups attached to an aromatic ring is 1. The van der Waals surface area contributed by atoms with Crippen LogP contribution in [0.5, 0.6) is 0 Å². The zero-order valence-electron chi connectivity index (χ0n) is 33.3. The zero-order chi connectivity index (χ0) is 41.3. The molecule has 0 spiro atoms. The highest BCUT2D eigenvalue weighted by molar-refractivity contribution is 6.01. The Bertz CT molecular complexity index is 1600. The van der Waals surface area contributed by atoms with Crippen LogP contribution in [0.3, 0.4) is 0 Å². The van der Waals surface area contributed by atoms with Crippen molar-refractivity contribution in [2.45, 2.75) is 91.3 Å². The van der Waals surface area contributed by atoms with Gasteiger partial charge in [-0.3, -0.25) is 9.59 Å². The number of hydrogen-bond donors (Lipinski definition) is 3. The van der Waals surface area contributed by atoms with Crippen LogP contribution in [0.1, 0.15) is 101 Å². The topological polar surface area (TPSA) is 204 Å². The highest BCUT2D eigenvalue weighted by atomic mass is 16.6. The van der Waals surface area contributed by atoms with Crippen LogP contribution in [0.2, 0.25) is 0 Å². The van der Waals surface area contributed by atoms with E-state index in [1.165, 1.54) is 14.2 Å². The number of ether oxygens (including phenoxy) is 4. The first-order valence-electron chi connectivity index (χ1n) is 18.3. The predicted octanol–water partition coefficient (Wildman–Crippen LogP) is 6.61. The molecule has 0 unspecified atom stereocenters. The molecule has 0 bridgehead atoms. The Morgan fingerprint density at radius 2 is 1.07 bits per heavy atom. The number of nitrogens with two attached hydrogens (primary N) is 1. The minimum atomic E-state index is -0.763. The van der Waals surface area contributed by atoms with Gasteiger partial charge in [-0.05, 0) is 103 Å². The fourth-order valence-corrected chi connectivity index (χ4v) is 5.68. The van der Waals surface area contributed by atoms with Gasteiger partial charge >= 0.3 is 30.1 Å². The second-order valence-electron chi connectivity index (χ2n) is 15.3. The number of aliphatic carboxylic acids is 1. The maximum absolute atomic E-state index is 12.4.